The Hall–Kier alpha value is -3.72. The van der Waals surface area contributed by atoms with E-state index >= 15 is 0 Å². The predicted molar refractivity (Wildman–Crippen MR) is 108 cm³/mol. The maximum atomic E-state index is 14.0. The van der Waals surface area contributed by atoms with Gasteiger partial charge in [0, 0.05) is 6.42 Å². The summed E-state index contributed by atoms with van der Waals surface area (Å²) in [6, 6.07) is 10.9. The zero-order valence-corrected chi connectivity index (χ0v) is 16.1. The predicted octanol–water partition coefficient (Wildman–Crippen LogP) is 2.90. The number of anilines is 2. The highest BCUT2D eigenvalue weighted by Gasteiger charge is 2.33. The van der Waals surface area contributed by atoms with Gasteiger partial charge in [-0.15, -0.1) is 0 Å². The van der Waals surface area contributed by atoms with Crippen molar-refractivity contribution in [1.29, 1.82) is 0 Å². The zero-order valence-electron chi connectivity index (χ0n) is 16.1. The van der Waals surface area contributed by atoms with Crippen molar-refractivity contribution in [2.24, 2.45) is 5.73 Å². The monoisotopic (exact) mass is 413 g/mol. The highest BCUT2D eigenvalue weighted by atomic mass is 19.1. The van der Waals surface area contributed by atoms with Gasteiger partial charge in [0.1, 0.15) is 11.9 Å². The molecule has 1 aliphatic rings. The molecule has 3 rings (SSSR count). The number of ketones is 1. The number of carbonyl (C=O) groups excluding carboxylic acids is 3. The number of benzene rings is 2. The molecule has 2 aromatic rings. The van der Waals surface area contributed by atoms with Gasteiger partial charge >= 0.3 is 6.09 Å². The van der Waals surface area contributed by atoms with Crippen molar-refractivity contribution in [3.05, 3.63) is 65.5 Å². The molecular weight excluding hydrogens is 393 g/mol. The fraction of sp³-hybridized carbons (Fsp3) is 0.190. The van der Waals surface area contributed by atoms with Crippen molar-refractivity contribution in [2.75, 3.05) is 24.0 Å². The molecule has 1 aliphatic heterocycles. The number of ether oxygens (including phenoxy) is 1. The number of allylic oxidation sites excluding steroid dienone is 1. The summed E-state index contributed by atoms with van der Waals surface area (Å²) in [6.07, 6.45) is 1.71. The highest BCUT2D eigenvalue weighted by Crippen LogP contribution is 2.25. The van der Waals surface area contributed by atoms with Crippen LogP contribution in [0.2, 0.25) is 0 Å². The Kier molecular flexibility index (Phi) is 6.43. The molecule has 2 aromatic carbocycles. The molecule has 0 unspecified atom stereocenters. The molecule has 0 radical (unpaired) electrons. The first kappa shape index (κ1) is 21.0. The minimum atomic E-state index is -0.900. The molecule has 1 heterocycles. The van der Waals surface area contributed by atoms with Crippen molar-refractivity contribution in [2.45, 2.75) is 12.5 Å². The molecule has 0 saturated carbocycles. The summed E-state index contributed by atoms with van der Waals surface area (Å²) in [7, 11) is 1.51. The summed E-state index contributed by atoms with van der Waals surface area (Å²) in [5, 5.41) is 0. The number of hydrogen-bond donors (Lipinski definition) is 2. The number of primary amides is 1. The van der Waals surface area contributed by atoms with Gasteiger partial charge in [0.25, 0.3) is 5.91 Å². The summed E-state index contributed by atoms with van der Waals surface area (Å²) in [5.74, 6) is -1.95. The van der Waals surface area contributed by atoms with Crippen LogP contribution in [0.1, 0.15) is 22.3 Å². The van der Waals surface area contributed by atoms with E-state index in [9.17, 15) is 18.8 Å². The Morgan fingerprint density at radius 1 is 1.30 bits per heavy atom. The molecule has 1 saturated heterocycles. The molecule has 1 fully saturated rings. The number of amides is 2. The largest absolute Gasteiger partial charge is 0.443 e. The van der Waals surface area contributed by atoms with E-state index in [-0.39, 0.29) is 30.0 Å². The Morgan fingerprint density at radius 3 is 2.67 bits per heavy atom. The fourth-order valence-electron chi connectivity index (χ4n) is 2.97. The minimum absolute atomic E-state index is 0.0100. The number of nitrogens with two attached hydrogens (primary N) is 1. The number of halogens is 1. The van der Waals surface area contributed by atoms with E-state index in [1.807, 2.05) is 12.1 Å². The lowest BCUT2D eigenvalue weighted by atomic mass is 10.1. The second kappa shape index (κ2) is 9.19. The van der Waals surface area contributed by atoms with E-state index in [0.29, 0.717) is 0 Å². The number of cyclic esters (lactones) is 1. The Morgan fingerprint density at radius 2 is 2.03 bits per heavy atom. The van der Waals surface area contributed by atoms with Gasteiger partial charge < -0.3 is 10.5 Å². The van der Waals surface area contributed by atoms with Crippen LogP contribution < -0.4 is 16.1 Å². The molecule has 2 amide bonds. The van der Waals surface area contributed by atoms with Gasteiger partial charge in [0.05, 0.1) is 30.6 Å². The fourth-order valence-corrected chi connectivity index (χ4v) is 2.97. The Labute approximate surface area is 172 Å². The average molecular weight is 413 g/mol. The molecule has 1 atom stereocenters. The maximum Gasteiger partial charge on any atom is 0.414 e. The molecule has 0 bridgehead atoms. The molecular formula is C21H20FN3O5. The van der Waals surface area contributed by atoms with Gasteiger partial charge in [-0.1, -0.05) is 18.2 Å². The van der Waals surface area contributed by atoms with Gasteiger partial charge in [-0.25, -0.2) is 9.18 Å². The summed E-state index contributed by atoms with van der Waals surface area (Å²) >= 11 is 0. The van der Waals surface area contributed by atoms with E-state index in [1.165, 1.54) is 30.2 Å². The standard InChI is InChI=1S/C21H20FN3O5/c1-29-24-14-5-2-13(3-6-14)4-8-16(26)11-17-12-25(21(28)30-17)15-7-9-18(20(23)27)19(22)10-15/h2-10,17,24H,11-12H2,1H3,(H2,23,27)/t17-/m0/s1. The summed E-state index contributed by atoms with van der Waals surface area (Å²) < 4.78 is 19.2. The number of carbonyl (C=O) groups is 3. The van der Waals surface area contributed by atoms with Gasteiger partial charge in [0.2, 0.25) is 0 Å². The number of hydrogen-bond acceptors (Lipinski definition) is 6. The number of nitrogens with one attached hydrogen (secondary N) is 1. The summed E-state index contributed by atoms with van der Waals surface area (Å²) in [4.78, 5) is 41.5. The third-order valence-corrected chi connectivity index (χ3v) is 4.43. The van der Waals surface area contributed by atoms with Crippen LogP contribution in [-0.4, -0.2) is 37.5 Å². The lowest BCUT2D eigenvalue weighted by molar-refractivity contribution is -0.115. The van der Waals surface area contributed by atoms with Crippen LogP contribution in [0.25, 0.3) is 6.08 Å². The first-order valence-corrected chi connectivity index (χ1v) is 9.05. The molecule has 3 N–H and O–H groups in total. The summed E-state index contributed by atoms with van der Waals surface area (Å²) in [6.45, 7) is 0.0884. The van der Waals surface area contributed by atoms with Crippen LogP contribution in [-0.2, 0) is 14.4 Å². The molecule has 0 aromatic heterocycles. The Balaban J connectivity index is 1.59. The second-order valence-electron chi connectivity index (χ2n) is 6.58. The quantitative estimate of drug-likeness (QED) is 0.509. The lowest BCUT2D eigenvalue weighted by Gasteiger charge is -2.13. The molecule has 8 nitrogen and oxygen atoms in total. The van der Waals surface area contributed by atoms with Gasteiger partial charge in [-0.3, -0.25) is 24.8 Å². The van der Waals surface area contributed by atoms with Crippen LogP contribution in [0.3, 0.4) is 0 Å². The van der Waals surface area contributed by atoms with E-state index < -0.39 is 23.9 Å². The molecule has 156 valence electrons. The van der Waals surface area contributed by atoms with Crippen LogP contribution in [0.5, 0.6) is 0 Å². The van der Waals surface area contributed by atoms with Crippen molar-refractivity contribution >= 4 is 35.2 Å². The SMILES string of the molecule is CONc1ccc(C=CC(=O)C[C@H]2CN(c3ccc(C(N)=O)c(F)c3)C(=O)O2)cc1. The minimum Gasteiger partial charge on any atom is -0.443 e. The van der Waals surface area contributed by atoms with E-state index in [0.717, 1.165) is 17.3 Å². The lowest BCUT2D eigenvalue weighted by Crippen LogP contribution is -2.25. The van der Waals surface area contributed by atoms with Crippen molar-refractivity contribution < 1.29 is 28.3 Å². The van der Waals surface area contributed by atoms with Crippen LogP contribution in [0, 0.1) is 5.82 Å². The van der Waals surface area contributed by atoms with E-state index in [4.69, 9.17) is 15.3 Å². The first-order valence-electron chi connectivity index (χ1n) is 9.05. The normalized spacial score (nSPS) is 16.0. The van der Waals surface area contributed by atoms with Gasteiger partial charge in [0.15, 0.2) is 5.78 Å². The summed E-state index contributed by atoms with van der Waals surface area (Å²) in [5.41, 5.74) is 9.32. The van der Waals surface area contributed by atoms with Crippen LogP contribution in [0.4, 0.5) is 20.6 Å². The van der Waals surface area contributed by atoms with Gasteiger partial charge in [-0.05, 0) is 42.0 Å². The molecule has 30 heavy (non-hydrogen) atoms. The number of nitrogens with zero attached hydrogens (tertiary/aromatic N) is 1. The molecule has 0 spiro atoms. The topological polar surface area (TPSA) is 111 Å². The first-order chi connectivity index (χ1) is 14.4. The average Bonchev–Trinajstić information content (AvgIpc) is 3.07. The highest BCUT2D eigenvalue weighted by molar-refractivity contribution is 5.96. The van der Waals surface area contributed by atoms with Crippen molar-refractivity contribution in [3.63, 3.8) is 0 Å². The van der Waals surface area contributed by atoms with E-state index in [1.54, 1.807) is 18.2 Å². The third kappa shape index (κ3) is 5.00. The smallest absolute Gasteiger partial charge is 0.414 e. The maximum absolute atomic E-state index is 14.0. The number of rotatable bonds is 8. The second-order valence-corrected chi connectivity index (χ2v) is 6.58. The Bertz CT molecular complexity index is 991. The zero-order chi connectivity index (χ0) is 21.7. The van der Waals surface area contributed by atoms with Crippen LogP contribution >= 0.6 is 0 Å². The van der Waals surface area contributed by atoms with Crippen molar-refractivity contribution in [1.82, 2.24) is 0 Å². The third-order valence-electron chi connectivity index (χ3n) is 4.43. The molecule has 0 aliphatic carbocycles. The van der Waals surface area contributed by atoms with E-state index in [2.05, 4.69) is 5.48 Å². The van der Waals surface area contributed by atoms with Crippen molar-refractivity contribution in [3.8, 4) is 0 Å². The van der Waals surface area contributed by atoms with Gasteiger partial charge in [-0.2, -0.15) is 0 Å². The van der Waals surface area contributed by atoms with Crippen LogP contribution in [0.15, 0.2) is 48.5 Å². The molecule has 9 heteroatoms.